The Labute approximate surface area is 154 Å². The summed E-state index contributed by atoms with van der Waals surface area (Å²) in [5, 5.41) is 21.7. The van der Waals surface area contributed by atoms with E-state index in [1.54, 1.807) is 0 Å². The zero-order chi connectivity index (χ0) is 18.9. The van der Waals surface area contributed by atoms with Crippen molar-refractivity contribution in [3.05, 3.63) is 23.9 Å². The highest BCUT2D eigenvalue weighted by Crippen LogP contribution is 2.09. The zero-order valence-corrected chi connectivity index (χ0v) is 15.4. The van der Waals surface area contributed by atoms with Gasteiger partial charge in [0.05, 0.1) is 19.1 Å². The molecule has 2 aliphatic heterocycles. The molecule has 0 aliphatic carbocycles. The van der Waals surface area contributed by atoms with Gasteiger partial charge in [0.2, 0.25) is 0 Å². The second-order valence-electron chi connectivity index (χ2n) is 7.07. The number of dihydropyridines is 1. The van der Waals surface area contributed by atoms with E-state index in [0.29, 0.717) is 13.1 Å². The Morgan fingerprint density at radius 1 is 1.08 bits per heavy atom. The van der Waals surface area contributed by atoms with E-state index in [-0.39, 0.29) is 19.1 Å². The van der Waals surface area contributed by atoms with Crippen LogP contribution >= 0.6 is 0 Å². The molecule has 1 unspecified atom stereocenters. The SMILES string of the molecule is CN1CCCN(CC(=O)O)CC2=CC=CC(CN(CC(=O)O)CCC1)N2. The Bertz CT molecular complexity index is 549. The number of carbonyl (C=O) groups is 2. The Morgan fingerprint density at radius 2 is 1.69 bits per heavy atom. The van der Waals surface area contributed by atoms with Gasteiger partial charge < -0.3 is 20.4 Å². The minimum atomic E-state index is -0.824. The Kier molecular flexibility index (Phi) is 8.08. The van der Waals surface area contributed by atoms with Gasteiger partial charge in [0.1, 0.15) is 0 Å². The lowest BCUT2D eigenvalue weighted by Gasteiger charge is -2.31. The first-order chi connectivity index (χ1) is 12.4. The fraction of sp³-hybridized carbons (Fsp3) is 0.667. The summed E-state index contributed by atoms with van der Waals surface area (Å²) < 4.78 is 0. The van der Waals surface area contributed by atoms with Crippen LogP contribution in [0.25, 0.3) is 0 Å². The Balaban J connectivity index is 2.07. The Morgan fingerprint density at radius 3 is 2.35 bits per heavy atom. The summed E-state index contributed by atoms with van der Waals surface area (Å²) in [7, 11) is 2.05. The molecule has 146 valence electrons. The van der Waals surface area contributed by atoms with Gasteiger partial charge in [-0.2, -0.15) is 0 Å². The molecule has 0 saturated carbocycles. The van der Waals surface area contributed by atoms with Crippen molar-refractivity contribution in [3.63, 3.8) is 0 Å². The summed E-state index contributed by atoms with van der Waals surface area (Å²) in [6.45, 7) is 4.47. The number of hydrogen-bond donors (Lipinski definition) is 3. The monoisotopic (exact) mass is 366 g/mol. The Hall–Kier alpha value is -1.90. The van der Waals surface area contributed by atoms with E-state index in [1.807, 2.05) is 28.0 Å². The third-order valence-corrected chi connectivity index (χ3v) is 4.61. The summed E-state index contributed by atoms with van der Waals surface area (Å²) in [6, 6.07) is 0.0294. The predicted molar refractivity (Wildman–Crippen MR) is 99.0 cm³/mol. The molecular weight excluding hydrogens is 336 g/mol. The van der Waals surface area contributed by atoms with E-state index in [2.05, 4.69) is 17.3 Å². The maximum absolute atomic E-state index is 11.2. The minimum Gasteiger partial charge on any atom is -0.480 e. The van der Waals surface area contributed by atoms with Crippen LogP contribution in [-0.2, 0) is 9.59 Å². The number of fused-ring (bicyclic) bond motifs is 2. The summed E-state index contributed by atoms with van der Waals surface area (Å²) in [5.74, 6) is -1.64. The first-order valence-corrected chi connectivity index (χ1v) is 9.13. The maximum Gasteiger partial charge on any atom is 0.317 e. The number of nitrogens with one attached hydrogen (secondary N) is 1. The first kappa shape index (κ1) is 20.4. The van der Waals surface area contributed by atoms with Crippen LogP contribution in [0, 0.1) is 0 Å². The quantitative estimate of drug-likeness (QED) is 0.635. The highest BCUT2D eigenvalue weighted by Gasteiger charge is 2.19. The maximum atomic E-state index is 11.2. The van der Waals surface area contributed by atoms with E-state index in [4.69, 9.17) is 10.2 Å². The molecule has 1 atom stereocenters. The van der Waals surface area contributed by atoms with Crippen LogP contribution in [0.15, 0.2) is 23.9 Å². The van der Waals surface area contributed by atoms with Crippen molar-refractivity contribution in [2.45, 2.75) is 18.9 Å². The van der Waals surface area contributed by atoms with Crippen molar-refractivity contribution in [3.8, 4) is 0 Å². The predicted octanol–water partition coefficient (Wildman–Crippen LogP) is -0.103. The van der Waals surface area contributed by atoms with E-state index in [9.17, 15) is 9.59 Å². The summed E-state index contributed by atoms with van der Waals surface area (Å²) >= 11 is 0. The lowest BCUT2D eigenvalue weighted by atomic mass is 10.1. The summed E-state index contributed by atoms with van der Waals surface area (Å²) in [5.41, 5.74) is 0.972. The van der Waals surface area contributed by atoms with E-state index in [0.717, 1.165) is 44.7 Å². The van der Waals surface area contributed by atoms with Gasteiger partial charge in [-0.05, 0) is 39.1 Å². The van der Waals surface area contributed by atoms with E-state index in [1.165, 1.54) is 0 Å². The summed E-state index contributed by atoms with van der Waals surface area (Å²) in [6.07, 6.45) is 7.76. The molecule has 26 heavy (non-hydrogen) atoms. The van der Waals surface area contributed by atoms with Crippen molar-refractivity contribution in [2.75, 3.05) is 59.4 Å². The molecule has 2 aliphatic rings. The van der Waals surface area contributed by atoms with Crippen LogP contribution in [0.5, 0.6) is 0 Å². The zero-order valence-electron chi connectivity index (χ0n) is 15.4. The normalized spacial score (nSPS) is 24.3. The topological polar surface area (TPSA) is 96.4 Å². The van der Waals surface area contributed by atoms with Crippen LogP contribution in [0.1, 0.15) is 12.8 Å². The molecule has 3 N–H and O–H groups in total. The van der Waals surface area contributed by atoms with Gasteiger partial charge in [0.25, 0.3) is 0 Å². The fourth-order valence-electron chi connectivity index (χ4n) is 3.44. The van der Waals surface area contributed by atoms with Crippen LogP contribution in [0.4, 0.5) is 0 Å². The molecule has 2 rings (SSSR count). The molecule has 0 amide bonds. The second-order valence-corrected chi connectivity index (χ2v) is 7.07. The highest BCUT2D eigenvalue weighted by molar-refractivity contribution is 5.69. The number of carboxylic acid groups (broad SMARTS) is 2. The third kappa shape index (κ3) is 7.55. The van der Waals surface area contributed by atoms with E-state index < -0.39 is 11.9 Å². The van der Waals surface area contributed by atoms with Gasteiger partial charge in [-0.25, -0.2) is 0 Å². The van der Waals surface area contributed by atoms with Gasteiger partial charge in [0.15, 0.2) is 0 Å². The average molecular weight is 366 g/mol. The fourth-order valence-corrected chi connectivity index (χ4v) is 3.44. The number of allylic oxidation sites excluding steroid dienone is 2. The van der Waals surface area contributed by atoms with Gasteiger partial charge in [-0.15, -0.1) is 0 Å². The minimum absolute atomic E-state index is 0.0161. The number of aliphatic carboxylic acids is 2. The first-order valence-electron chi connectivity index (χ1n) is 9.13. The highest BCUT2D eigenvalue weighted by atomic mass is 16.4. The molecular formula is C18H30N4O4. The van der Waals surface area contributed by atoms with Crippen LogP contribution < -0.4 is 5.32 Å². The molecule has 0 aromatic heterocycles. The van der Waals surface area contributed by atoms with Crippen molar-refractivity contribution in [1.29, 1.82) is 0 Å². The van der Waals surface area contributed by atoms with Crippen molar-refractivity contribution in [1.82, 2.24) is 20.0 Å². The molecule has 8 heteroatoms. The second kappa shape index (κ2) is 10.3. The number of carboxylic acids is 2. The molecule has 0 spiro atoms. The smallest absolute Gasteiger partial charge is 0.317 e. The third-order valence-electron chi connectivity index (χ3n) is 4.61. The average Bonchev–Trinajstić information content (AvgIpc) is 2.53. The molecule has 0 aromatic carbocycles. The van der Waals surface area contributed by atoms with Crippen LogP contribution in [0.3, 0.4) is 0 Å². The molecule has 2 bridgehead atoms. The van der Waals surface area contributed by atoms with Crippen molar-refractivity contribution >= 4 is 11.9 Å². The van der Waals surface area contributed by atoms with Gasteiger partial charge in [-0.3, -0.25) is 19.4 Å². The number of nitrogens with zero attached hydrogens (tertiary/aromatic N) is 3. The lowest BCUT2D eigenvalue weighted by Crippen LogP contribution is -2.46. The van der Waals surface area contributed by atoms with Crippen LogP contribution in [0.2, 0.25) is 0 Å². The molecule has 2 heterocycles. The molecule has 8 nitrogen and oxygen atoms in total. The summed E-state index contributed by atoms with van der Waals surface area (Å²) in [4.78, 5) is 28.4. The van der Waals surface area contributed by atoms with Gasteiger partial charge in [-0.1, -0.05) is 12.2 Å². The number of rotatable bonds is 4. The van der Waals surface area contributed by atoms with Crippen molar-refractivity contribution < 1.29 is 19.8 Å². The lowest BCUT2D eigenvalue weighted by molar-refractivity contribution is -0.139. The van der Waals surface area contributed by atoms with E-state index >= 15 is 0 Å². The molecule has 0 aromatic rings. The van der Waals surface area contributed by atoms with Crippen molar-refractivity contribution in [2.24, 2.45) is 0 Å². The standard InChI is InChI=1S/C18H30N4O4/c1-20-7-3-9-21(13-17(23)24)11-15-5-2-6-16(19-15)12-22(10-4-8-20)14-18(25)26/h2,5-6,15,19H,3-4,7-14H2,1H3,(H,23,24)(H,25,26). The molecule has 1 saturated heterocycles. The molecule has 0 radical (unpaired) electrons. The van der Waals surface area contributed by atoms with Gasteiger partial charge >= 0.3 is 11.9 Å². The largest absolute Gasteiger partial charge is 0.480 e. The molecule has 1 fully saturated rings. The van der Waals surface area contributed by atoms with Crippen LogP contribution in [-0.4, -0.2) is 102 Å². The van der Waals surface area contributed by atoms with Gasteiger partial charge in [0, 0.05) is 31.9 Å². The number of hydrogen-bond acceptors (Lipinski definition) is 6.